The molecule has 0 aromatic heterocycles. The molecule has 1 aromatic rings. The highest BCUT2D eigenvalue weighted by Gasteiger charge is 2.15. The Morgan fingerprint density at radius 2 is 2.21 bits per heavy atom. The van der Waals surface area contributed by atoms with Crippen molar-refractivity contribution in [2.45, 2.75) is 6.42 Å². The topological polar surface area (TPSA) is 65.4 Å². The van der Waals surface area contributed by atoms with E-state index < -0.39 is 0 Å². The molecule has 0 unspecified atom stereocenters. The Balaban J connectivity index is 2.38. The first-order chi connectivity index (χ1) is 6.81. The van der Waals surface area contributed by atoms with Crippen LogP contribution in [-0.2, 0) is 0 Å². The molecule has 1 aliphatic heterocycles. The average molecular weight is 186 g/mol. The van der Waals surface area contributed by atoms with Crippen LogP contribution in [0.2, 0.25) is 0 Å². The molecular formula is C10H10N4. The van der Waals surface area contributed by atoms with Gasteiger partial charge in [-0.1, -0.05) is 12.1 Å². The molecule has 0 radical (unpaired) electrons. The van der Waals surface area contributed by atoms with Gasteiger partial charge in [0, 0.05) is 13.0 Å². The molecule has 0 saturated carbocycles. The predicted molar refractivity (Wildman–Crippen MR) is 54.7 cm³/mol. The summed E-state index contributed by atoms with van der Waals surface area (Å²) in [6, 6.07) is 9.52. The second-order valence-electron chi connectivity index (χ2n) is 3.09. The lowest BCUT2D eigenvalue weighted by atomic mass is 10.2. The average Bonchev–Trinajstić information content (AvgIpc) is 2.65. The molecule has 2 rings (SSSR count). The van der Waals surface area contributed by atoms with Crippen LogP contribution in [0.5, 0.6) is 0 Å². The number of nitrogens with two attached hydrogens (primary N) is 1. The van der Waals surface area contributed by atoms with Crippen molar-refractivity contribution in [3.8, 4) is 6.07 Å². The van der Waals surface area contributed by atoms with Crippen molar-refractivity contribution in [2.75, 3.05) is 11.6 Å². The van der Waals surface area contributed by atoms with E-state index in [4.69, 9.17) is 11.0 Å². The van der Waals surface area contributed by atoms with Crippen LogP contribution >= 0.6 is 0 Å². The fourth-order valence-electron chi connectivity index (χ4n) is 1.44. The molecule has 0 atom stereocenters. The quantitative estimate of drug-likeness (QED) is 0.712. The van der Waals surface area contributed by atoms with Crippen LogP contribution in [0.1, 0.15) is 12.0 Å². The Kier molecular flexibility index (Phi) is 2.07. The molecule has 1 aromatic carbocycles. The molecule has 2 N–H and O–H groups in total. The highest BCUT2D eigenvalue weighted by molar-refractivity contribution is 5.84. The van der Waals surface area contributed by atoms with Gasteiger partial charge in [0.2, 0.25) is 0 Å². The molecule has 0 amide bonds. The van der Waals surface area contributed by atoms with Gasteiger partial charge in [-0.05, 0) is 12.1 Å². The van der Waals surface area contributed by atoms with E-state index in [1.54, 1.807) is 11.1 Å². The summed E-state index contributed by atoms with van der Waals surface area (Å²) in [5.74, 6) is 0.623. The monoisotopic (exact) mass is 186 g/mol. The molecule has 0 fully saturated rings. The number of nitrogens with zero attached hydrogens (tertiary/aromatic N) is 3. The maximum Gasteiger partial charge on any atom is 0.122 e. The fraction of sp³-hybridized carbons (Fsp3) is 0.200. The minimum atomic E-state index is 0.623. The van der Waals surface area contributed by atoms with Crippen molar-refractivity contribution in [3.63, 3.8) is 0 Å². The van der Waals surface area contributed by atoms with Crippen LogP contribution in [0.25, 0.3) is 0 Å². The predicted octanol–water partition coefficient (Wildman–Crippen LogP) is 1.04. The maximum absolute atomic E-state index is 8.89. The number of hydrogen-bond acceptors (Lipinski definition) is 4. The summed E-state index contributed by atoms with van der Waals surface area (Å²) in [5.41, 5.74) is 7.04. The number of nitriles is 1. The smallest absolute Gasteiger partial charge is 0.122 e. The van der Waals surface area contributed by atoms with Crippen LogP contribution in [0.15, 0.2) is 29.4 Å². The Labute approximate surface area is 82.2 Å². The summed E-state index contributed by atoms with van der Waals surface area (Å²) >= 11 is 0. The third-order valence-corrected chi connectivity index (χ3v) is 2.13. The third-order valence-electron chi connectivity index (χ3n) is 2.13. The molecule has 14 heavy (non-hydrogen) atoms. The molecular weight excluding hydrogens is 176 g/mol. The lowest BCUT2D eigenvalue weighted by Crippen LogP contribution is -2.13. The van der Waals surface area contributed by atoms with E-state index in [0.29, 0.717) is 11.4 Å². The van der Waals surface area contributed by atoms with Crippen LogP contribution in [0.3, 0.4) is 0 Å². The van der Waals surface area contributed by atoms with E-state index in [1.165, 1.54) is 0 Å². The highest BCUT2D eigenvalue weighted by Crippen LogP contribution is 2.22. The van der Waals surface area contributed by atoms with Crippen LogP contribution in [0.4, 0.5) is 5.69 Å². The summed E-state index contributed by atoms with van der Waals surface area (Å²) in [7, 11) is 0. The SMILES string of the molecule is N#Cc1ccccc1N1CCC(N)=N1. The zero-order valence-electron chi connectivity index (χ0n) is 7.64. The number of hydrazone groups is 1. The zero-order valence-corrected chi connectivity index (χ0v) is 7.64. The van der Waals surface area contributed by atoms with Crippen molar-refractivity contribution in [3.05, 3.63) is 29.8 Å². The number of anilines is 1. The molecule has 0 spiro atoms. The Bertz CT molecular complexity index is 416. The highest BCUT2D eigenvalue weighted by atomic mass is 15.5. The number of amidine groups is 1. The van der Waals surface area contributed by atoms with E-state index in [1.807, 2.05) is 18.2 Å². The number of benzene rings is 1. The first kappa shape index (κ1) is 8.57. The van der Waals surface area contributed by atoms with Crippen molar-refractivity contribution in [2.24, 2.45) is 10.8 Å². The second kappa shape index (κ2) is 3.38. The van der Waals surface area contributed by atoms with Gasteiger partial charge in [0.05, 0.1) is 11.3 Å². The number of para-hydroxylation sites is 1. The second-order valence-corrected chi connectivity index (χ2v) is 3.09. The van der Waals surface area contributed by atoms with E-state index in [2.05, 4.69) is 11.2 Å². The van der Waals surface area contributed by atoms with Crippen LogP contribution in [-0.4, -0.2) is 12.4 Å². The summed E-state index contributed by atoms with van der Waals surface area (Å²) in [5, 5.41) is 14.8. The van der Waals surface area contributed by atoms with E-state index in [-0.39, 0.29) is 0 Å². The Morgan fingerprint density at radius 1 is 1.43 bits per heavy atom. The molecule has 1 aliphatic rings. The first-order valence-electron chi connectivity index (χ1n) is 4.41. The summed E-state index contributed by atoms with van der Waals surface area (Å²) in [6.07, 6.45) is 0.764. The summed E-state index contributed by atoms with van der Waals surface area (Å²) in [4.78, 5) is 0. The molecule has 4 nitrogen and oxygen atoms in total. The van der Waals surface area contributed by atoms with Crippen molar-refractivity contribution in [1.82, 2.24) is 0 Å². The van der Waals surface area contributed by atoms with Crippen LogP contribution in [0, 0.1) is 11.3 Å². The van der Waals surface area contributed by atoms with Crippen molar-refractivity contribution >= 4 is 11.5 Å². The minimum Gasteiger partial charge on any atom is -0.386 e. The molecule has 0 aliphatic carbocycles. The Hall–Kier alpha value is -2.02. The van der Waals surface area contributed by atoms with Crippen LogP contribution < -0.4 is 10.7 Å². The standard InChI is InChI=1S/C10H10N4/c11-7-8-3-1-2-4-9(8)14-6-5-10(12)13-14/h1-4H,5-6H2,(H2,12,13). The van der Waals surface area contributed by atoms with Gasteiger partial charge in [-0.15, -0.1) is 0 Å². The third kappa shape index (κ3) is 1.40. The van der Waals surface area contributed by atoms with Gasteiger partial charge in [0.25, 0.3) is 0 Å². The maximum atomic E-state index is 8.89. The fourth-order valence-corrected chi connectivity index (χ4v) is 1.44. The summed E-state index contributed by atoms with van der Waals surface area (Å²) in [6.45, 7) is 0.754. The number of hydrogen-bond donors (Lipinski definition) is 1. The summed E-state index contributed by atoms with van der Waals surface area (Å²) < 4.78 is 0. The van der Waals surface area contributed by atoms with Gasteiger partial charge in [0.15, 0.2) is 0 Å². The molecule has 70 valence electrons. The zero-order chi connectivity index (χ0) is 9.97. The van der Waals surface area contributed by atoms with Gasteiger partial charge >= 0.3 is 0 Å². The molecule has 4 heteroatoms. The van der Waals surface area contributed by atoms with Gasteiger partial charge in [0.1, 0.15) is 11.9 Å². The van der Waals surface area contributed by atoms with Gasteiger partial charge in [-0.2, -0.15) is 10.4 Å². The van der Waals surface area contributed by atoms with Crippen molar-refractivity contribution in [1.29, 1.82) is 5.26 Å². The van der Waals surface area contributed by atoms with E-state index >= 15 is 0 Å². The first-order valence-corrected chi connectivity index (χ1v) is 4.41. The van der Waals surface area contributed by atoms with E-state index in [0.717, 1.165) is 18.7 Å². The van der Waals surface area contributed by atoms with Gasteiger partial charge < -0.3 is 5.73 Å². The lowest BCUT2D eigenvalue weighted by molar-refractivity contribution is 0.919. The molecule has 1 heterocycles. The normalized spacial score (nSPS) is 15.1. The lowest BCUT2D eigenvalue weighted by Gasteiger charge is -2.14. The van der Waals surface area contributed by atoms with Gasteiger partial charge in [-0.3, -0.25) is 5.01 Å². The number of rotatable bonds is 1. The molecule has 0 saturated heterocycles. The molecule has 0 bridgehead atoms. The minimum absolute atomic E-state index is 0.623. The van der Waals surface area contributed by atoms with Crippen molar-refractivity contribution < 1.29 is 0 Å². The van der Waals surface area contributed by atoms with Gasteiger partial charge in [-0.25, -0.2) is 0 Å². The van der Waals surface area contributed by atoms with E-state index in [9.17, 15) is 0 Å². The largest absolute Gasteiger partial charge is 0.386 e. The Morgan fingerprint density at radius 3 is 2.86 bits per heavy atom.